The molecule has 0 bridgehead atoms. The Kier molecular flexibility index (Phi) is 4.36. The molecule has 2 atom stereocenters. The highest BCUT2D eigenvalue weighted by Gasteiger charge is 2.38. The van der Waals surface area contributed by atoms with Gasteiger partial charge in [0.15, 0.2) is 0 Å². The molecule has 0 aromatic heterocycles. The first-order valence-electron chi connectivity index (χ1n) is 7.10. The van der Waals surface area contributed by atoms with E-state index in [1.54, 1.807) is 42.5 Å². The summed E-state index contributed by atoms with van der Waals surface area (Å²) in [4.78, 5) is 0.181. The predicted molar refractivity (Wildman–Crippen MR) is 84.2 cm³/mol. The maximum atomic E-state index is 12.7. The van der Waals surface area contributed by atoms with Crippen LogP contribution < -0.4 is 4.74 Å². The zero-order chi connectivity index (χ0) is 16.3. The van der Waals surface area contributed by atoms with Gasteiger partial charge in [-0.2, -0.15) is 0 Å². The van der Waals surface area contributed by atoms with Gasteiger partial charge in [0, 0.05) is 0 Å². The van der Waals surface area contributed by atoms with E-state index in [0.717, 1.165) is 0 Å². The van der Waals surface area contributed by atoms with Crippen LogP contribution >= 0.6 is 0 Å². The summed E-state index contributed by atoms with van der Waals surface area (Å²) in [6.45, 7) is 0.0510. The summed E-state index contributed by atoms with van der Waals surface area (Å²) in [6.07, 6.45) is -0.130. The van der Waals surface area contributed by atoms with E-state index in [2.05, 4.69) is 0 Å². The number of aliphatic hydroxyl groups is 1. The number of rotatable bonds is 5. The van der Waals surface area contributed by atoms with Gasteiger partial charge in [0.05, 0.1) is 22.0 Å². The number of aliphatic hydroxyl groups excluding tert-OH is 1. The lowest BCUT2D eigenvalue weighted by Crippen LogP contribution is -2.31. The monoisotopic (exact) mass is 332 g/mol. The van der Waals surface area contributed by atoms with Crippen molar-refractivity contribution >= 4 is 9.84 Å². The normalized spacial score (nSPS) is 18.8. The largest absolute Gasteiger partial charge is 0.499 e. The van der Waals surface area contributed by atoms with Crippen LogP contribution in [0, 0.1) is 5.92 Å². The minimum Gasteiger partial charge on any atom is -0.499 e. The molecule has 1 aliphatic heterocycles. The number of benzene rings is 2. The Morgan fingerprint density at radius 3 is 2.30 bits per heavy atom. The van der Waals surface area contributed by atoms with Crippen molar-refractivity contribution in [3.63, 3.8) is 0 Å². The Morgan fingerprint density at radius 2 is 1.65 bits per heavy atom. The quantitative estimate of drug-likeness (QED) is 0.851. The van der Waals surface area contributed by atoms with E-state index in [9.17, 15) is 13.5 Å². The van der Waals surface area contributed by atoms with E-state index in [4.69, 9.17) is 9.47 Å². The highest BCUT2D eigenvalue weighted by atomic mass is 32.2. The standard InChI is InChI=1S/C17H16O5S/c18-17(22-13-7-3-1-4-8-13)15-11-21-12-16(15)23(19,20)14-9-5-2-6-10-14/h1-10,12,15,17-18H,11H2/t15-,17+/m0/s1. The summed E-state index contributed by atoms with van der Waals surface area (Å²) in [5.41, 5.74) is 0. The zero-order valence-corrected chi connectivity index (χ0v) is 13.0. The van der Waals surface area contributed by atoms with Gasteiger partial charge in [-0.15, -0.1) is 0 Å². The van der Waals surface area contributed by atoms with Crippen LogP contribution in [0.25, 0.3) is 0 Å². The Morgan fingerprint density at radius 1 is 1.04 bits per heavy atom. The number of hydrogen-bond donors (Lipinski definition) is 1. The third-order valence-electron chi connectivity index (χ3n) is 3.55. The maximum absolute atomic E-state index is 12.7. The molecule has 0 unspecified atom stereocenters. The summed E-state index contributed by atoms with van der Waals surface area (Å²) in [6, 6.07) is 16.8. The van der Waals surface area contributed by atoms with Gasteiger partial charge in [0.25, 0.3) is 0 Å². The summed E-state index contributed by atoms with van der Waals surface area (Å²) in [7, 11) is -3.73. The van der Waals surface area contributed by atoms with Gasteiger partial charge in [-0.05, 0) is 24.3 Å². The molecule has 1 aliphatic rings. The molecule has 120 valence electrons. The number of para-hydroxylation sites is 1. The van der Waals surface area contributed by atoms with Crippen molar-refractivity contribution in [2.24, 2.45) is 5.92 Å². The van der Waals surface area contributed by atoms with Gasteiger partial charge in [-0.1, -0.05) is 36.4 Å². The Balaban J connectivity index is 1.83. The first kappa shape index (κ1) is 15.6. The van der Waals surface area contributed by atoms with Crippen molar-refractivity contribution < 1.29 is 23.0 Å². The van der Waals surface area contributed by atoms with Gasteiger partial charge in [-0.3, -0.25) is 0 Å². The predicted octanol–water partition coefficient (Wildman–Crippen LogP) is 2.35. The van der Waals surface area contributed by atoms with E-state index < -0.39 is 22.0 Å². The average molecular weight is 332 g/mol. The third-order valence-corrected chi connectivity index (χ3v) is 5.46. The zero-order valence-electron chi connectivity index (χ0n) is 12.2. The first-order valence-corrected chi connectivity index (χ1v) is 8.59. The fraction of sp³-hybridized carbons (Fsp3) is 0.176. The fourth-order valence-corrected chi connectivity index (χ4v) is 3.91. The van der Waals surface area contributed by atoms with Crippen LogP contribution in [0.15, 0.2) is 76.7 Å². The van der Waals surface area contributed by atoms with Crippen LogP contribution in [-0.4, -0.2) is 26.4 Å². The molecule has 0 fully saturated rings. The summed E-state index contributed by atoms with van der Waals surface area (Å²) in [5, 5.41) is 10.3. The minimum atomic E-state index is -3.73. The van der Waals surface area contributed by atoms with Crippen molar-refractivity contribution in [1.29, 1.82) is 0 Å². The van der Waals surface area contributed by atoms with Crippen LogP contribution in [0.4, 0.5) is 0 Å². The van der Waals surface area contributed by atoms with Crippen LogP contribution in [0.5, 0.6) is 5.75 Å². The Bertz CT molecular complexity index is 784. The molecule has 23 heavy (non-hydrogen) atoms. The van der Waals surface area contributed by atoms with Gasteiger partial charge in [0.2, 0.25) is 16.1 Å². The van der Waals surface area contributed by atoms with E-state index in [0.29, 0.717) is 5.75 Å². The molecule has 5 nitrogen and oxygen atoms in total. The SMILES string of the molecule is O=S(=O)(C1=COC[C@@H]1[C@H](O)Oc1ccccc1)c1ccccc1. The van der Waals surface area contributed by atoms with Crippen molar-refractivity contribution in [2.45, 2.75) is 11.2 Å². The summed E-state index contributed by atoms with van der Waals surface area (Å²) in [5.74, 6) is -0.316. The average Bonchev–Trinajstić information content (AvgIpc) is 3.07. The van der Waals surface area contributed by atoms with Gasteiger partial charge in [0.1, 0.15) is 12.4 Å². The Labute approximate surface area is 134 Å². The van der Waals surface area contributed by atoms with Crippen molar-refractivity contribution in [3.05, 3.63) is 71.8 Å². The number of ether oxygens (including phenoxy) is 2. The highest BCUT2D eigenvalue weighted by Crippen LogP contribution is 2.32. The lowest BCUT2D eigenvalue weighted by atomic mass is 10.1. The molecule has 0 radical (unpaired) electrons. The van der Waals surface area contributed by atoms with E-state index in [1.807, 2.05) is 6.07 Å². The highest BCUT2D eigenvalue weighted by molar-refractivity contribution is 7.95. The summed E-state index contributed by atoms with van der Waals surface area (Å²) < 4.78 is 36.0. The van der Waals surface area contributed by atoms with Crippen LogP contribution in [0.2, 0.25) is 0 Å². The van der Waals surface area contributed by atoms with Crippen LogP contribution in [0.3, 0.4) is 0 Å². The second kappa shape index (κ2) is 6.44. The van der Waals surface area contributed by atoms with Crippen molar-refractivity contribution in [2.75, 3.05) is 6.61 Å². The van der Waals surface area contributed by atoms with Gasteiger partial charge >= 0.3 is 0 Å². The molecule has 0 saturated heterocycles. The lowest BCUT2D eigenvalue weighted by Gasteiger charge is -2.20. The van der Waals surface area contributed by atoms with Crippen LogP contribution in [0.1, 0.15) is 0 Å². The molecular formula is C17H16O5S. The molecule has 2 aromatic carbocycles. The second-order valence-electron chi connectivity index (χ2n) is 5.10. The van der Waals surface area contributed by atoms with Crippen molar-refractivity contribution in [3.8, 4) is 5.75 Å². The topological polar surface area (TPSA) is 72.8 Å². The van der Waals surface area contributed by atoms with Gasteiger partial charge < -0.3 is 14.6 Å². The molecule has 3 rings (SSSR count). The molecule has 1 N–H and O–H groups in total. The molecule has 0 spiro atoms. The number of hydrogen-bond acceptors (Lipinski definition) is 5. The smallest absolute Gasteiger partial charge is 0.208 e. The Hall–Kier alpha value is -2.31. The molecule has 6 heteroatoms. The van der Waals surface area contributed by atoms with Crippen LogP contribution in [-0.2, 0) is 14.6 Å². The molecule has 2 aromatic rings. The molecular weight excluding hydrogens is 316 g/mol. The molecule has 0 aliphatic carbocycles. The van der Waals surface area contributed by atoms with E-state index >= 15 is 0 Å². The second-order valence-corrected chi connectivity index (χ2v) is 7.05. The molecule has 0 saturated carbocycles. The maximum Gasteiger partial charge on any atom is 0.208 e. The van der Waals surface area contributed by atoms with E-state index in [-0.39, 0.29) is 16.4 Å². The lowest BCUT2D eigenvalue weighted by molar-refractivity contribution is -0.0565. The minimum absolute atomic E-state index is 0.0205. The van der Waals surface area contributed by atoms with Gasteiger partial charge in [-0.25, -0.2) is 8.42 Å². The van der Waals surface area contributed by atoms with E-state index in [1.165, 1.54) is 18.4 Å². The van der Waals surface area contributed by atoms with Crippen molar-refractivity contribution in [1.82, 2.24) is 0 Å². The summed E-state index contributed by atoms with van der Waals surface area (Å²) >= 11 is 0. The number of sulfone groups is 1. The third kappa shape index (κ3) is 3.23. The first-order chi connectivity index (χ1) is 11.1. The fourth-order valence-electron chi connectivity index (χ4n) is 2.35. The molecule has 1 heterocycles. The molecule has 0 amide bonds.